The van der Waals surface area contributed by atoms with E-state index in [2.05, 4.69) is 10.6 Å². The lowest BCUT2D eigenvalue weighted by Gasteiger charge is -2.41. The molecular weight excluding hydrogens is 676 g/mol. The third-order valence-corrected chi connectivity index (χ3v) is 12.2. The van der Waals surface area contributed by atoms with Crippen LogP contribution in [0.5, 0.6) is 0 Å². The minimum absolute atomic E-state index is 0.00110. The van der Waals surface area contributed by atoms with Crippen molar-refractivity contribution < 1.29 is 38.6 Å². The van der Waals surface area contributed by atoms with Gasteiger partial charge in [-0.2, -0.15) is 0 Å². The largest absolute Gasteiger partial charge is 0.480 e. The normalized spacial score (nSPS) is 20.8. The number of methoxy groups -OCH3 is 2. The van der Waals surface area contributed by atoms with Crippen molar-refractivity contribution in [1.29, 1.82) is 0 Å². The molecule has 298 valence electrons. The van der Waals surface area contributed by atoms with Crippen molar-refractivity contribution >= 4 is 29.6 Å². The van der Waals surface area contributed by atoms with Crippen molar-refractivity contribution in [3.8, 4) is 0 Å². The average Bonchev–Trinajstić information content (AvgIpc) is 3.80. The Labute approximate surface area is 317 Å². The number of aliphatic carboxylic acids is 1. The second kappa shape index (κ2) is 18.7. The molecule has 0 aromatic heterocycles. The number of rotatable bonds is 20. The van der Waals surface area contributed by atoms with Crippen LogP contribution in [0.4, 0.5) is 0 Å². The van der Waals surface area contributed by atoms with Crippen LogP contribution in [0.1, 0.15) is 106 Å². The molecule has 53 heavy (non-hydrogen) atoms. The Morgan fingerprint density at radius 2 is 1.62 bits per heavy atom. The van der Waals surface area contributed by atoms with Gasteiger partial charge in [-0.05, 0) is 49.5 Å². The molecule has 1 aliphatic heterocycles. The van der Waals surface area contributed by atoms with Crippen molar-refractivity contribution in [1.82, 2.24) is 20.4 Å². The Bertz CT molecular complexity index is 1410. The van der Waals surface area contributed by atoms with Gasteiger partial charge >= 0.3 is 5.97 Å². The lowest BCUT2D eigenvalue weighted by atomic mass is 9.87. The molecule has 8 unspecified atom stereocenters. The lowest BCUT2D eigenvalue weighted by molar-refractivity contribution is -0.148. The Morgan fingerprint density at radius 1 is 1.00 bits per heavy atom. The zero-order valence-corrected chi connectivity index (χ0v) is 33.9. The molecule has 0 radical (unpaired) electrons. The van der Waals surface area contributed by atoms with Crippen LogP contribution in [-0.4, -0.2) is 109 Å². The number of likely N-dealkylation sites (tertiary alicyclic amines) is 1. The van der Waals surface area contributed by atoms with E-state index in [1.165, 1.54) is 7.11 Å². The fourth-order valence-electron chi connectivity index (χ4n) is 7.89. The van der Waals surface area contributed by atoms with E-state index in [1.807, 2.05) is 78.8 Å². The van der Waals surface area contributed by atoms with Crippen LogP contribution >= 0.6 is 0 Å². The van der Waals surface area contributed by atoms with E-state index < -0.39 is 65.0 Å². The molecule has 3 rings (SSSR count). The van der Waals surface area contributed by atoms with Crippen LogP contribution < -0.4 is 10.6 Å². The van der Waals surface area contributed by atoms with E-state index in [0.717, 1.165) is 12.0 Å². The van der Waals surface area contributed by atoms with Gasteiger partial charge in [0.1, 0.15) is 12.1 Å². The number of ether oxygens (including phenoxy) is 2. The maximum Gasteiger partial charge on any atom is 0.327 e. The number of carboxylic acids is 1. The van der Waals surface area contributed by atoms with Crippen LogP contribution in [0.15, 0.2) is 30.3 Å². The first-order valence-electron chi connectivity index (χ1n) is 19.4. The minimum Gasteiger partial charge on any atom is -0.480 e. The van der Waals surface area contributed by atoms with Crippen LogP contribution in [0.25, 0.3) is 0 Å². The minimum atomic E-state index is -1.10. The molecule has 0 bridgehead atoms. The topological polar surface area (TPSA) is 155 Å². The maximum atomic E-state index is 14.2. The highest BCUT2D eigenvalue weighted by Crippen LogP contribution is 2.51. The van der Waals surface area contributed by atoms with E-state index in [1.54, 1.807) is 30.9 Å². The van der Waals surface area contributed by atoms with E-state index in [-0.39, 0.29) is 36.0 Å². The van der Waals surface area contributed by atoms with Gasteiger partial charge in [-0.1, -0.05) is 92.1 Å². The number of nitrogens with one attached hydrogen (secondary N) is 2. The molecule has 12 heteroatoms. The summed E-state index contributed by atoms with van der Waals surface area (Å²) in [6, 6.07) is 6.70. The Hall–Kier alpha value is -3.51. The summed E-state index contributed by atoms with van der Waals surface area (Å²) in [4.78, 5) is 71.1. The van der Waals surface area contributed by atoms with Crippen molar-refractivity contribution in [2.75, 3.05) is 27.8 Å². The monoisotopic (exact) mass is 742 g/mol. The Kier molecular flexibility index (Phi) is 15.5. The standard InChI is InChI=1S/C41H66N4O8/c1-12-26(5)33(44(9)37(48)32(25(3)4)42-39(51)40(7,8)13-2)30(52-10)24-31(46)45-23-17-20-29(45)34(53-11)27(6)36(47)43-35(38(49)50)41(21-22-41)28-18-15-14-16-19-28/h14-16,18-19,25-27,29-30,32-35H,12-13,17,20-24H2,1-11H3,(H,42,51)(H,43,47)(H,49,50). The van der Waals surface area contributed by atoms with Crippen molar-refractivity contribution in [3.05, 3.63) is 35.9 Å². The number of carboxylic acid groups (broad SMARTS) is 1. The van der Waals surface area contributed by atoms with Crippen LogP contribution in [0.3, 0.4) is 0 Å². The summed E-state index contributed by atoms with van der Waals surface area (Å²) >= 11 is 0. The molecule has 4 amide bonds. The average molecular weight is 743 g/mol. The molecule has 1 heterocycles. The summed E-state index contributed by atoms with van der Waals surface area (Å²) in [5.74, 6) is -3.07. The summed E-state index contributed by atoms with van der Waals surface area (Å²) in [6.45, 7) is 15.7. The van der Waals surface area contributed by atoms with E-state index in [9.17, 15) is 29.1 Å². The highest BCUT2D eigenvalue weighted by atomic mass is 16.5. The van der Waals surface area contributed by atoms with Gasteiger partial charge in [0, 0.05) is 38.6 Å². The highest BCUT2D eigenvalue weighted by Gasteiger charge is 2.55. The number of hydrogen-bond acceptors (Lipinski definition) is 7. The first-order valence-corrected chi connectivity index (χ1v) is 19.4. The van der Waals surface area contributed by atoms with Gasteiger partial charge < -0.3 is 35.0 Å². The molecule has 8 atom stereocenters. The van der Waals surface area contributed by atoms with Crippen LogP contribution in [0, 0.1) is 23.2 Å². The SMILES string of the molecule is CCC(C)C(C(CC(=O)N1CCCC1C(OC)C(C)C(=O)NC(C(=O)O)C1(c2ccccc2)CC1)OC)N(C)C(=O)C(NC(=O)C(C)(C)CC)C(C)C. The zero-order chi connectivity index (χ0) is 39.8. The maximum absolute atomic E-state index is 14.2. The predicted octanol–water partition coefficient (Wildman–Crippen LogP) is 4.78. The zero-order valence-electron chi connectivity index (χ0n) is 33.9. The molecular formula is C41H66N4O8. The highest BCUT2D eigenvalue weighted by molar-refractivity contribution is 5.90. The first kappa shape index (κ1) is 43.9. The van der Waals surface area contributed by atoms with Gasteiger partial charge in [-0.25, -0.2) is 4.79 Å². The number of carbonyl (C=O) groups excluding carboxylic acids is 4. The quantitative estimate of drug-likeness (QED) is 0.173. The molecule has 3 N–H and O–H groups in total. The molecule has 0 spiro atoms. The smallest absolute Gasteiger partial charge is 0.327 e. The molecule has 1 saturated carbocycles. The van der Waals surface area contributed by atoms with E-state index in [4.69, 9.17) is 9.47 Å². The Balaban J connectivity index is 1.79. The van der Waals surface area contributed by atoms with Crippen molar-refractivity contribution in [2.24, 2.45) is 23.2 Å². The van der Waals surface area contributed by atoms with Gasteiger partial charge in [0.2, 0.25) is 23.6 Å². The number of benzene rings is 1. The molecule has 1 saturated heterocycles. The molecule has 1 aromatic rings. The number of likely N-dealkylation sites (N-methyl/N-ethyl adjacent to an activating group) is 1. The van der Waals surface area contributed by atoms with Crippen molar-refractivity contribution in [2.45, 2.75) is 142 Å². The lowest BCUT2D eigenvalue weighted by Crippen LogP contribution is -2.58. The molecule has 2 fully saturated rings. The fraction of sp³-hybridized carbons (Fsp3) is 0.732. The van der Waals surface area contributed by atoms with E-state index in [0.29, 0.717) is 38.6 Å². The number of amides is 4. The molecule has 12 nitrogen and oxygen atoms in total. The number of carbonyl (C=O) groups is 5. The van der Waals surface area contributed by atoms with Crippen molar-refractivity contribution in [3.63, 3.8) is 0 Å². The van der Waals surface area contributed by atoms with Gasteiger partial charge in [-0.15, -0.1) is 0 Å². The second-order valence-corrected chi connectivity index (χ2v) is 16.3. The third-order valence-electron chi connectivity index (χ3n) is 12.2. The van der Waals surface area contributed by atoms with Gasteiger partial charge in [-0.3, -0.25) is 19.2 Å². The third kappa shape index (κ3) is 9.98. The number of nitrogens with zero attached hydrogens (tertiary/aromatic N) is 2. The van der Waals surface area contributed by atoms with Gasteiger partial charge in [0.25, 0.3) is 0 Å². The van der Waals surface area contributed by atoms with Gasteiger partial charge in [0.05, 0.1) is 36.6 Å². The summed E-state index contributed by atoms with van der Waals surface area (Å²) in [7, 11) is 4.78. The predicted molar refractivity (Wildman–Crippen MR) is 204 cm³/mol. The fourth-order valence-corrected chi connectivity index (χ4v) is 7.89. The summed E-state index contributed by atoms with van der Waals surface area (Å²) in [6.07, 6.45) is 2.68. The number of hydrogen-bond donors (Lipinski definition) is 3. The van der Waals surface area contributed by atoms with Gasteiger partial charge in [0.15, 0.2) is 0 Å². The molecule has 1 aromatic carbocycles. The summed E-state index contributed by atoms with van der Waals surface area (Å²) in [5.41, 5.74) is -0.409. The Morgan fingerprint density at radius 3 is 2.11 bits per heavy atom. The molecule has 2 aliphatic rings. The molecule has 1 aliphatic carbocycles. The van der Waals surface area contributed by atoms with Crippen LogP contribution in [0.2, 0.25) is 0 Å². The summed E-state index contributed by atoms with van der Waals surface area (Å²) in [5, 5.41) is 16.1. The first-order chi connectivity index (χ1) is 24.9. The second-order valence-electron chi connectivity index (χ2n) is 16.3. The van der Waals surface area contributed by atoms with Crippen LogP contribution in [-0.2, 0) is 38.9 Å². The summed E-state index contributed by atoms with van der Waals surface area (Å²) < 4.78 is 11.9. The van der Waals surface area contributed by atoms with E-state index >= 15 is 0 Å².